The zero-order chi connectivity index (χ0) is 12.4. The maximum atomic E-state index is 5.79. The number of nitrogen functional groups attached to an aromatic ring is 1. The highest BCUT2D eigenvalue weighted by molar-refractivity contribution is 5.79. The summed E-state index contributed by atoms with van der Waals surface area (Å²) < 4.78 is 2.29. The number of benzene rings is 1. The normalized spacial score (nSPS) is 11.5. The SMILES string of the molecule is CCc1nc2cc(N)ccc2n1CCN(C)C. The van der Waals surface area contributed by atoms with Gasteiger partial charge in [0.1, 0.15) is 5.82 Å². The molecule has 2 aromatic rings. The van der Waals surface area contributed by atoms with E-state index in [1.54, 1.807) is 0 Å². The topological polar surface area (TPSA) is 47.1 Å². The standard InChI is InChI=1S/C13H20N4/c1-4-13-15-11-9-10(14)5-6-12(11)17(13)8-7-16(2)3/h5-6,9H,4,7-8,14H2,1-3H3. The van der Waals surface area contributed by atoms with Gasteiger partial charge in [0.15, 0.2) is 0 Å². The molecule has 0 bridgehead atoms. The van der Waals surface area contributed by atoms with E-state index in [1.807, 2.05) is 12.1 Å². The van der Waals surface area contributed by atoms with E-state index < -0.39 is 0 Å². The Bertz CT molecular complexity index is 513. The quantitative estimate of drug-likeness (QED) is 0.817. The Kier molecular flexibility index (Phi) is 3.33. The van der Waals surface area contributed by atoms with E-state index in [9.17, 15) is 0 Å². The molecule has 0 saturated heterocycles. The smallest absolute Gasteiger partial charge is 0.109 e. The molecular formula is C13H20N4. The lowest BCUT2D eigenvalue weighted by atomic mass is 10.3. The van der Waals surface area contributed by atoms with Crippen molar-refractivity contribution in [2.24, 2.45) is 0 Å². The summed E-state index contributed by atoms with van der Waals surface area (Å²) in [6.07, 6.45) is 0.946. The van der Waals surface area contributed by atoms with Crippen molar-refractivity contribution in [1.29, 1.82) is 0 Å². The van der Waals surface area contributed by atoms with Crippen LogP contribution in [0.3, 0.4) is 0 Å². The minimum atomic E-state index is 0.775. The Labute approximate surface area is 102 Å². The Balaban J connectivity index is 2.43. The third-order valence-corrected chi connectivity index (χ3v) is 2.94. The predicted molar refractivity (Wildman–Crippen MR) is 72.1 cm³/mol. The number of nitrogens with zero attached hydrogens (tertiary/aromatic N) is 3. The molecule has 4 heteroatoms. The molecule has 2 rings (SSSR count). The highest BCUT2D eigenvalue weighted by atomic mass is 15.1. The van der Waals surface area contributed by atoms with E-state index >= 15 is 0 Å². The summed E-state index contributed by atoms with van der Waals surface area (Å²) in [6.45, 7) is 4.12. The first-order valence-corrected chi connectivity index (χ1v) is 6.01. The van der Waals surface area contributed by atoms with Crippen LogP contribution in [-0.4, -0.2) is 35.1 Å². The van der Waals surface area contributed by atoms with Crippen LogP contribution in [-0.2, 0) is 13.0 Å². The number of imidazole rings is 1. The van der Waals surface area contributed by atoms with Crippen LogP contribution in [0.1, 0.15) is 12.7 Å². The van der Waals surface area contributed by atoms with Gasteiger partial charge < -0.3 is 15.2 Å². The van der Waals surface area contributed by atoms with Gasteiger partial charge in [-0.3, -0.25) is 0 Å². The molecule has 1 heterocycles. The summed E-state index contributed by atoms with van der Waals surface area (Å²) in [5, 5.41) is 0. The Hall–Kier alpha value is -1.55. The number of hydrogen-bond donors (Lipinski definition) is 1. The van der Waals surface area contributed by atoms with Gasteiger partial charge in [-0.05, 0) is 32.3 Å². The van der Waals surface area contributed by atoms with Crippen molar-refractivity contribution in [2.45, 2.75) is 19.9 Å². The number of aromatic nitrogens is 2. The number of fused-ring (bicyclic) bond motifs is 1. The van der Waals surface area contributed by atoms with E-state index in [4.69, 9.17) is 5.73 Å². The van der Waals surface area contributed by atoms with Crippen molar-refractivity contribution >= 4 is 16.7 Å². The van der Waals surface area contributed by atoms with Crippen LogP contribution in [0.25, 0.3) is 11.0 Å². The van der Waals surface area contributed by atoms with Gasteiger partial charge in [-0.1, -0.05) is 6.92 Å². The number of anilines is 1. The van der Waals surface area contributed by atoms with Gasteiger partial charge in [-0.25, -0.2) is 4.98 Å². The largest absolute Gasteiger partial charge is 0.399 e. The summed E-state index contributed by atoms with van der Waals surface area (Å²) in [4.78, 5) is 6.82. The number of nitrogens with two attached hydrogens (primary N) is 1. The summed E-state index contributed by atoms with van der Waals surface area (Å²) in [5.41, 5.74) is 8.74. The van der Waals surface area contributed by atoms with Gasteiger partial charge in [-0.2, -0.15) is 0 Å². The zero-order valence-corrected chi connectivity index (χ0v) is 10.8. The second-order valence-electron chi connectivity index (χ2n) is 4.58. The minimum Gasteiger partial charge on any atom is -0.399 e. The third kappa shape index (κ3) is 2.42. The maximum absolute atomic E-state index is 5.79. The molecule has 0 saturated carbocycles. The molecule has 0 unspecified atom stereocenters. The van der Waals surface area contributed by atoms with Crippen LogP contribution in [0.5, 0.6) is 0 Å². The molecule has 0 aliphatic carbocycles. The highest BCUT2D eigenvalue weighted by Crippen LogP contribution is 2.19. The summed E-state index contributed by atoms with van der Waals surface area (Å²) >= 11 is 0. The third-order valence-electron chi connectivity index (χ3n) is 2.94. The van der Waals surface area contributed by atoms with Crippen molar-refractivity contribution in [3.05, 3.63) is 24.0 Å². The molecule has 4 nitrogen and oxygen atoms in total. The molecule has 0 atom stereocenters. The summed E-state index contributed by atoms with van der Waals surface area (Å²) in [5.74, 6) is 1.13. The van der Waals surface area contributed by atoms with Crippen LogP contribution in [0, 0.1) is 0 Å². The van der Waals surface area contributed by atoms with E-state index in [0.717, 1.165) is 36.5 Å². The molecule has 0 aliphatic rings. The van der Waals surface area contributed by atoms with Crippen LogP contribution in [0.4, 0.5) is 5.69 Å². The fraction of sp³-hybridized carbons (Fsp3) is 0.462. The first-order chi connectivity index (χ1) is 8.11. The summed E-state index contributed by atoms with van der Waals surface area (Å²) in [7, 11) is 4.17. The molecule has 17 heavy (non-hydrogen) atoms. The molecule has 0 radical (unpaired) electrons. The van der Waals surface area contributed by atoms with Gasteiger partial charge in [-0.15, -0.1) is 0 Å². The van der Waals surface area contributed by atoms with Crippen LogP contribution in [0.2, 0.25) is 0 Å². The van der Waals surface area contributed by atoms with Crippen molar-refractivity contribution in [1.82, 2.24) is 14.5 Å². The second kappa shape index (κ2) is 4.75. The molecule has 1 aromatic heterocycles. The highest BCUT2D eigenvalue weighted by Gasteiger charge is 2.09. The van der Waals surface area contributed by atoms with Crippen molar-refractivity contribution in [3.63, 3.8) is 0 Å². The van der Waals surface area contributed by atoms with E-state index in [0.29, 0.717) is 0 Å². The molecule has 2 N–H and O–H groups in total. The summed E-state index contributed by atoms with van der Waals surface area (Å²) in [6, 6.07) is 5.95. The first kappa shape index (κ1) is 11.9. The van der Waals surface area contributed by atoms with E-state index in [1.165, 1.54) is 5.52 Å². The predicted octanol–water partition coefficient (Wildman–Crippen LogP) is 1.74. The molecule has 92 valence electrons. The van der Waals surface area contributed by atoms with E-state index in [-0.39, 0.29) is 0 Å². The number of rotatable bonds is 4. The molecule has 0 spiro atoms. The fourth-order valence-corrected chi connectivity index (χ4v) is 2.02. The van der Waals surface area contributed by atoms with Crippen molar-refractivity contribution in [3.8, 4) is 0 Å². The molecule has 0 fully saturated rings. The zero-order valence-electron chi connectivity index (χ0n) is 10.8. The number of aryl methyl sites for hydroxylation is 1. The minimum absolute atomic E-state index is 0.775. The molecular weight excluding hydrogens is 212 g/mol. The van der Waals surface area contributed by atoms with Crippen molar-refractivity contribution in [2.75, 3.05) is 26.4 Å². The lowest BCUT2D eigenvalue weighted by Gasteiger charge is -2.12. The first-order valence-electron chi connectivity index (χ1n) is 6.01. The Morgan fingerprint density at radius 1 is 1.35 bits per heavy atom. The molecule has 1 aromatic carbocycles. The van der Waals surface area contributed by atoms with Crippen molar-refractivity contribution < 1.29 is 0 Å². The number of hydrogen-bond acceptors (Lipinski definition) is 3. The van der Waals surface area contributed by atoms with Gasteiger partial charge in [0.25, 0.3) is 0 Å². The average molecular weight is 232 g/mol. The van der Waals surface area contributed by atoms with Gasteiger partial charge in [0.2, 0.25) is 0 Å². The van der Waals surface area contributed by atoms with Crippen LogP contribution in [0.15, 0.2) is 18.2 Å². The Morgan fingerprint density at radius 2 is 2.12 bits per heavy atom. The van der Waals surface area contributed by atoms with Crippen LogP contribution >= 0.6 is 0 Å². The monoisotopic (exact) mass is 232 g/mol. The molecule has 0 aliphatic heterocycles. The van der Waals surface area contributed by atoms with E-state index in [2.05, 4.69) is 41.5 Å². The second-order valence-corrected chi connectivity index (χ2v) is 4.58. The van der Waals surface area contributed by atoms with Crippen LogP contribution < -0.4 is 5.73 Å². The lowest BCUT2D eigenvalue weighted by molar-refractivity contribution is 0.383. The number of likely N-dealkylation sites (N-methyl/N-ethyl adjacent to an activating group) is 1. The maximum Gasteiger partial charge on any atom is 0.109 e. The van der Waals surface area contributed by atoms with Gasteiger partial charge in [0, 0.05) is 25.2 Å². The van der Waals surface area contributed by atoms with Gasteiger partial charge in [0.05, 0.1) is 11.0 Å². The fourth-order valence-electron chi connectivity index (χ4n) is 2.02. The Morgan fingerprint density at radius 3 is 2.76 bits per heavy atom. The van der Waals surface area contributed by atoms with Gasteiger partial charge >= 0.3 is 0 Å². The average Bonchev–Trinajstić information content (AvgIpc) is 2.63. The lowest BCUT2D eigenvalue weighted by Crippen LogP contribution is -2.19. The molecule has 0 amide bonds.